The van der Waals surface area contributed by atoms with Crippen LogP contribution in [-0.2, 0) is 4.74 Å². The van der Waals surface area contributed by atoms with Crippen molar-refractivity contribution in [1.82, 2.24) is 0 Å². The van der Waals surface area contributed by atoms with Crippen LogP contribution >= 0.6 is 0 Å². The minimum absolute atomic E-state index is 0.0797. The molecular formula is C12H18N2O4. The highest BCUT2D eigenvalue weighted by atomic mass is 16.6. The summed E-state index contributed by atoms with van der Waals surface area (Å²) in [5, 5.41) is 20.8. The van der Waals surface area contributed by atoms with Gasteiger partial charge in [-0.2, -0.15) is 0 Å². The van der Waals surface area contributed by atoms with E-state index < -0.39 is 11.0 Å². The molecule has 0 bridgehead atoms. The minimum atomic E-state index is -0.932. The summed E-state index contributed by atoms with van der Waals surface area (Å²) < 4.78 is 4.89. The number of rotatable bonds is 7. The summed E-state index contributed by atoms with van der Waals surface area (Å²) in [6.45, 7) is 0.505. The molecule has 2 atom stereocenters. The van der Waals surface area contributed by atoms with Gasteiger partial charge >= 0.3 is 0 Å². The van der Waals surface area contributed by atoms with Crippen molar-refractivity contribution < 1.29 is 14.8 Å². The molecule has 0 aliphatic heterocycles. The van der Waals surface area contributed by atoms with Gasteiger partial charge in [-0.15, -0.1) is 0 Å². The van der Waals surface area contributed by atoms with Gasteiger partial charge in [-0.1, -0.05) is 12.1 Å². The Hall–Kier alpha value is -1.50. The Labute approximate surface area is 106 Å². The largest absolute Gasteiger partial charge is 0.388 e. The molecule has 0 aliphatic carbocycles. The quantitative estimate of drug-likeness (QED) is 0.565. The molecule has 0 saturated carbocycles. The van der Waals surface area contributed by atoms with Gasteiger partial charge in [0.15, 0.2) is 0 Å². The lowest BCUT2D eigenvalue weighted by Crippen LogP contribution is -2.24. The van der Waals surface area contributed by atoms with Crippen LogP contribution in [0.1, 0.15) is 24.5 Å². The second-order valence-corrected chi connectivity index (χ2v) is 4.11. The molecule has 0 heterocycles. The smallest absolute Gasteiger partial charge is 0.275 e. The Balaban J connectivity index is 2.71. The topological polar surface area (TPSA) is 98.6 Å². The predicted molar refractivity (Wildman–Crippen MR) is 67.1 cm³/mol. The maximum Gasteiger partial charge on any atom is 0.275 e. The van der Waals surface area contributed by atoms with E-state index in [0.29, 0.717) is 18.6 Å². The van der Waals surface area contributed by atoms with Crippen LogP contribution in [0.3, 0.4) is 0 Å². The maximum absolute atomic E-state index is 10.8. The van der Waals surface area contributed by atoms with Crippen LogP contribution in [0.25, 0.3) is 0 Å². The third-order valence-electron chi connectivity index (χ3n) is 2.71. The fourth-order valence-corrected chi connectivity index (χ4v) is 1.74. The molecule has 1 rings (SSSR count). The van der Waals surface area contributed by atoms with E-state index in [-0.39, 0.29) is 18.2 Å². The second kappa shape index (κ2) is 7.05. The molecule has 1 aromatic rings. The van der Waals surface area contributed by atoms with E-state index in [2.05, 4.69) is 0 Å². The molecule has 0 fully saturated rings. The van der Waals surface area contributed by atoms with Crippen LogP contribution in [0.15, 0.2) is 24.3 Å². The Morgan fingerprint density at radius 1 is 1.50 bits per heavy atom. The zero-order valence-corrected chi connectivity index (χ0v) is 10.3. The van der Waals surface area contributed by atoms with Gasteiger partial charge in [0.05, 0.1) is 16.6 Å². The van der Waals surface area contributed by atoms with Crippen molar-refractivity contribution in [2.24, 2.45) is 5.73 Å². The van der Waals surface area contributed by atoms with Crippen molar-refractivity contribution >= 4 is 5.69 Å². The van der Waals surface area contributed by atoms with Crippen LogP contribution in [0.2, 0.25) is 0 Å². The number of para-hydroxylation sites is 1. The normalized spacial score (nSPS) is 14.2. The lowest BCUT2D eigenvalue weighted by molar-refractivity contribution is -0.386. The van der Waals surface area contributed by atoms with E-state index in [1.807, 2.05) is 0 Å². The van der Waals surface area contributed by atoms with Crippen LogP contribution in [0, 0.1) is 10.1 Å². The fraction of sp³-hybridized carbons (Fsp3) is 0.500. The number of nitrogens with two attached hydrogens (primary N) is 1. The van der Waals surface area contributed by atoms with Gasteiger partial charge in [-0.05, 0) is 18.9 Å². The first kappa shape index (κ1) is 14.6. The number of aliphatic hydroxyl groups excluding tert-OH is 1. The van der Waals surface area contributed by atoms with Crippen LogP contribution in [0.5, 0.6) is 0 Å². The average Bonchev–Trinajstić information content (AvgIpc) is 2.36. The lowest BCUT2D eigenvalue weighted by atomic mass is 9.99. The average molecular weight is 254 g/mol. The van der Waals surface area contributed by atoms with Gasteiger partial charge in [0.25, 0.3) is 5.69 Å². The van der Waals surface area contributed by atoms with E-state index >= 15 is 0 Å². The third kappa shape index (κ3) is 4.06. The molecule has 2 unspecified atom stereocenters. The molecule has 1 aromatic carbocycles. The highest BCUT2D eigenvalue weighted by Crippen LogP contribution is 2.27. The number of nitro groups is 1. The molecule has 0 radical (unpaired) electrons. The van der Waals surface area contributed by atoms with Crippen molar-refractivity contribution in [2.45, 2.75) is 25.0 Å². The zero-order valence-electron chi connectivity index (χ0n) is 10.3. The molecule has 0 aromatic heterocycles. The highest BCUT2D eigenvalue weighted by Gasteiger charge is 2.21. The van der Waals surface area contributed by atoms with Gasteiger partial charge in [-0.3, -0.25) is 10.1 Å². The summed E-state index contributed by atoms with van der Waals surface area (Å²) in [6, 6.07) is 5.90. The summed E-state index contributed by atoms with van der Waals surface area (Å²) in [5.74, 6) is 0. The standard InChI is InChI=1S/C12H18N2O4/c1-18-7-6-9(13)8-12(15)10-4-2-3-5-11(10)14(16)17/h2-5,9,12,15H,6-8,13H2,1H3. The van der Waals surface area contributed by atoms with Crippen molar-refractivity contribution in [2.75, 3.05) is 13.7 Å². The van der Waals surface area contributed by atoms with Gasteiger partial charge < -0.3 is 15.6 Å². The molecule has 100 valence electrons. The maximum atomic E-state index is 10.8. The molecule has 6 heteroatoms. The van der Waals surface area contributed by atoms with Crippen molar-refractivity contribution in [3.8, 4) is 0 Å². The first-order valence-electron chi connectivity index (χ1n) is 5.72. The van der Waals surface area contributed by atoms with Gasteiger partial charge in [0.1, 0.15) is 0 Å². The second-order valence-electron chi connectivity index (χ2n) is 4.11. The van der Waals surface area contributed by atoms with Crippen LogP contribution in [0.4, 0.5) is 5.69 Å². The molecular weight excluding hydrogens is 236 g/mol. The van der Waals surface area contributed by atoms with Gasteiger partial charge in [0.2, 0.25) is 0 Å². The molecule has 6 nitrogen and oxygen atoms in total. The molecule has 3 N–H and O–H groups in total. The van der Waals surface area contributed by atoms with E-state index in [1.165, 1.54) is 6.07 Å². The van der Waals surface area contributed by atoms with Crippen molar-refractivity contribution in [3.63, 3.8) is 0 Å². The highest BCUT2D eigenvalue weighted by molar-refractivity contribution is 5.41. The summed E-state index contributed by atoms with van der Waals surface area (Å²) in [4.78, 5) is 10.3. The van der Waals surface area contributed by atoms with Crippen molar-refractivity contribution in [1.29, 1.82) is 0 Å². The van der Waals surface area contributed by atoms with E-state index in [9.17, 15) is 15.2 Å². The molecule has 0 amide bonds. The number of hydrogen-bond acceptors (Lipinski definition) is 5. The van der Waals surface area contributed by atoms with E-state index in [1.54, 1.807) is 25.3 Å². The summed E-state index contributed by atoms with van der Waals surface area (Å²) >= 11 is 0. The molecule has 0 aliphatic rings. The zero-order chi connectivity index (χ0) is 13.5. The number of nitrogens with zero attached hydrogens (tertiary/aromatic N) is 1. The summed E-state index contributed by atoms with van der Waals surface area (Å²) in [7, 11) is 1.57. The van der Waals surface area contributed by atoms with Crippen LogP contribution < -0.4 is 5.73 Å². The monoisotopic (exact) mass is 254 g/mol. The number of methoxy groups -OCH3 is 1. The predicted octanol–water partition coefficient (Wildman–Crippen LogP) is 1.38. The number of hydrogen-bond donors (Lipinski definition) is 2. The first-order valence-corrected chi connectivity index (χ1v) is 5.72. The third-order valence-corrected chi connectivity index (χ3v) is 2.71. The number of aliphatic hydroxyl groups is 1. The molecule has 0 saturated heterocycles. The number of ether oxygens (including phenoxy) is 1. The summed E-state index contributed by atoms with van der Waals surface area (Å²) in [6.07, 6.45) is -0.0546. The lowest BCUT2D eigenvalue weighted by Gasteiger charge is -2.16. The van der Waals surface area contributed by atoms with Gasteiger partial charge in [-0.25, -0.2) is 0 Å². The van der Waals surface area contributed by atoms with E-state index in [0.717, 1.165) is 0 Å². The Kier molecular flexibility index (Phi) is 5.70. The Bertz CT molecular complexity index is 397. The number of benzene rings is 1. The van der Waals surface area contributed by atoms with Crippen molar-refractivity contribution in [3.05, 3.63) is 39.9 Å². The fourth-order valence-electron chi connectivity index (χ4n) is 1.74. The number of nitro benzene ring substituents is 1. The Morgan fingerprint density at radius 3 is 2.78 bits per heavy atom. The Morgan fingerprint density at radius 2 is 2.17 bits per heavy atom. The summed E-state index contributed by atoms with van der Waals surface area (Å²) in [5.41, 5.74) is 6.04. The van der Waals surface area contributed by atoms with Crippen LogP contribution in [-0.4, -0.2) is 29.8 Å². The molecule has 0 spiro atoms. The van der Waals surface area contributed by atoms with Gasteiger partial charge in [0, 0.05) is 25.8 Å². The SMILES string of the molecule is COCCC(N)CC(O)c1ccccc1[N+](=O)[O-]. The van der Waals surface area contributed by atoms with E-state index in [4.69, 9.17) is 10.5 Å². The minimum Gasteiger partial charge on any atom is -0.388 e. The molecule has 18 heavy (non-hydrogen) atoms. The first-order chi connectivity index (χ1) is 8.56.